The topological polar surface area (TPSA) is 0 Å². The fraction of sp³-hybridized carbons (Fsp3) is 1.00. The summed E-state index contributed by atoms with van der Waals surface area (Å²) in [7, 11) is 0. The summed E-state index contributed by atoms with van der Waals surface area (Å²) >= 11 is 15.0. The fourth-order valence-electron chi connectivity index (χ4n) is 0.319. The SMILES string of the molecule is FC(CC(F)(F)F)[Si](Cl)(Cl)Cl. The molecule has 0 aromatic carbocycles. The van der Waals surface area contributed by atoms with Crippen molar-refractivity contribution in [1.29, 1.82) is 0 Å². The van der Waals surface area contributed by atoms with Crippen LogP contribution in [0.15, 0.2) is 0 Å². The number of halogens is 7. The van der Waals surface area contributed by atoms with Gasteiger partial charge in [-0.1, -0.05) is 0 Å². The van der Waals surface area contributed by atoms with Crippen LogP contribution in [0.5, 0.6) is 0 Å². The van der Waals surface area contributed by atoms with Crippen molar-refractivity contribution in [2.24, 2.45) is 0 Å². The first-order valence-corrected chi connectivity index (χ1v) is 7.52. The van der Waals surface area contributed by atoms with Gasteiger partial charge in [0.05, 0.1) is 6.42 Å². The Bertz CT molecular complexity index is 130. The highest BCUT2D eigenvalue weighted by Crippen LogP contribution is 2.34. The molecule has 0 saturated carbocycles. The molecule has 0 nitrogen and oxygen atoms in total. The van der Waals surface area contributed by atoms with Crippen LogP contribution in [0.2, 0.25) is 0 Å². The molecule has 0 bridgehead atoms. The van der Waals surface area contributed by atoms with Gasteiger partial charge >= 0.3 is 12.2 Å². The van der Waals surface area contributed by atoms with E-state index < -0.39 is 24.4 Å². The van der Waals surface area contributed by atoms with Gasteiger partial charge in [0.1, 0.15) is 5.79 Å². The van der Waals surface area contributed by atoms with E-state index in [1.165, 1.54) is 0 Å². The summed E-state index contributed by atoms with van der Waals surface area (Å²) in [5.41, 5.74) is 0. The van der Waals surface area contributed by atoms with E-state index in [0.717, 1.165) is 0 Å². The zero-order valence-corrected chi connectivity index (χ0v) is 8.20. The normalized spacial score (nSPS) is 16.6. The van der Waals surface area contributed by atoms with Gasteiger partial charge in [0, 0.05) is 0 Å². The van der Waals surface area contributed by atoms with Gasteiger partial charge in [-0.15, -0.1) is 33.2 Å². The minimum Gasteiger partial charge on any atom is -0.247 e. The van der Waals surface area contributed by atoms with Gasteiger partial charge < -0.3 is 0 Å². The molecule has 1 unspecified atom stereocenters. The Balaban J connectivity index is 3.99. The molecule has 0 radical (unpaired) electrons. The molecule has 68 valence electrons. The van der Waals surface area contributed by atoms with Gasteiger partial charge in [-0.25, -0.2) is 4.39 Å². The standard InChI is InChI=1S/C3H3Cl3F4Si/c4-11(5,6)2(7)1-3(8,9)10/h2H,1H2. The highest BCUT2D eigenvalue weighted by Gasteiger charge is 2.44. The van der Waals surface area contributed by atoms with Crippen LogP contribution in [-0.4, -0.2) is 18.0 Å². The van der Waals surface area contributed by atoms with Crippen LogP contribution in [0.4, 0.5) is 17.6 Å². The first kappa shape index (κ1) is 11.8. The zero-order chi connectivity index (χ0) is 9.28. The quantitative estimate of drug-likeness (QED) is 0.399. The molecule has 0 aliphatic carbocycles. The van der Waals surface area contributed by atoms with E-state index in [2.05, 4.69) is 0 Å². The Hall–Kier alpha value is 0.807. The Morgan fingerprint density at radius 3 is 1.64 bits per heavy atom. The largest absolute Gasteiger partial charge is 0.391 e. The van der Waals surface area contributed by atoms with Gasteiger partial charge in [0.15, 0.2) is 0 Å². The maximum absolute atomic E-state index is 12.4. The smallest absolute Gasteiger partial charge is 0.247 e. The molecule has 0 aliphatic rings. The lowest BCUT2D eigenvalue weighted by Gasteiger charge is -2.15. The molecule has 0 amide bonds. The van der Waals surface area contributed by atoms with Crippen molar-refractivity contribution in [3.8, 4) is 0 Å². The fourth-order valence-corrected chi connectivity index (χ4v) is 1.48. The Morgan fingerprint density at radius 2 is 1.55 bits per heavy atom. The third-order valence-electron chi connectivity index (χ3n) is 0.766. The molecule has 0 aromatic heterocycles. The summed E-state index contributed by atoms with van der Waals surface area (Å²) < 4.78 is 46.7. The molecule has 1 atom stereocenters. The molecule has 11 heavy (non-hydrogen) atoms. The molecule has 0 rings (SSSR count). The van der Waals surface area contributed by atoms with E-state index in [1.54, 1.807) is 0 Å². The lowest BCUT2D eigenvalue weighted by molar-refractivity contribution is -0.140. The lowest BCUT2D eigenvalue weighted by Crippen LogP contribution is -2.31. The number of hydrogen-bond acceptors (Lipinski definition) is 0. The highest BCUT2D eigenvalue weighted by molar-refractivity contribution is 7.65. The first-order chi connectivity index (χ1) is 4.63. The second-order valence-corrected chi connectivity index (χ2v) is 10.6. The van der Waals surface area contributed by atoms with Crippen molar-refractivity contribution in [3.05, 3.63) is 0 Å². The van der Waals surface area contributed by atoms with Gasteiger partial charge in [-0.3, -0.25) is 0 Å². The Labute approximate surface area is 75.5 Å². The van der Waals surface area contributed by atoms with Crippen molar-refractivity contribution in [2.75, 3.05) is 0 Å². The van der Waals surface area contributed by atoms with Crippen LogP contribution in [0.3, 0.4) is 0 Å². The number of hydrogen-bond donors (Lipinski definition) is 0. The molecule has 8 heteroatoms. The molecule has 0 aliphatic heterocycles. The van der Waals surface area contributed by atoms with Gasteiger partial charge in [0.25, 0.3) is 0 Å². The molecular weight excluding hydrogens is 246 g/mol. The van der Waals surface area contributed by atoms with E-state index in [9.17, 15) is 17.6 Å². The predicted octanol–water partition coefficient (Wildman–Crippen LogP) is 3.47. The minimum atomic E-state index is -4.61. The monoisotopic (exact) mass is 248 g/mol. The highest BCUT2D eigenvalue weighted by atomic mass is 35.8. The van der Waals surface area contributed by atoms with E-state index in [0.29, 0.717) is 0 Å². The van der Waals surface area contributed by atoms with Crippen molar-refractivity contribution in [3.63, 3.8) is 0 Å². The summed E-state index contributed by atoms with van der Waals surface area (Å²) in [6, 6.07) is -3.84. The third-order valence-corrected chi connectivity index (χ3v) is 3.81. The zero-order valence-electron chi connectivity index (χ0n) is 4.93. The Morgan fingerprint density at radius 1 is 1.18 bits per heavy atom. The van der Waals surface area contributed by atoms with Gasteiger partial charge in [0.2, 0.25) is 0 Å². The van der Waals surface area contributed by atoms with E-state index in [4.69, 9.17) is 33.2 Å². The van der Waals surface area contributed by atoms with Crippen LogP contribution in [0.25, 0.3) is 0 Å². The molecule has 0 saturated heterocycles. The predicted molar refractivity (Wildman–Crippen MR) is 38.9 cm³/mol. The summed E-state index contributed by atoms with van der Waals surface area (Å²) in [4.78, 5) is 0. The average molecular weight is 249 g/mol. The van der Waals surface area contributed by atoms with E-state index in [-0.39, 0.29) is 0 Å². The summed E-state index contributed by atoms with van der Waals surface area (Å²) in [6.45, 7) is 0. The van der Waals surface area contributed by atoms with E-state index in [1.807, 2.05) is 0 Å². The number of rotatable bonds is 2. The van der Waals surface area contributed by atoms with Crippen molar-refractivity contribution >= 4 is 39.2 Å². The second kappa shape index (κ2) is 3.68. The molecule has 0 fully saturated rings. The third kappa shape index (κ3) is 6.01. The summed E-state index contributed by atoms with van der Waals surface area (Å²) in [5.74, 6) is -2.38. The van der Waals surface area contributed by atoms with Crippen LogP contribution < -0.4 is 0 Å². The molecule has 0 aromatic rings. The van der Waals surface area contributed by atoms with Gasteiger partial charge in [-0.2, -0.15) is 13.2 Å². The van der Waals surface area contributed by atoms with Crippen molar-refractivity contribution in [2.45, 2.75) is 18.4 Å². The van der Waals surface area contributed by atoms with Crippen molar-refractivity contribution < 1.29 is 17.6 Å². The van der Waals surface area contributed by atoms with Crippen LogP contribution in [0, 0.1) is 0 Å². The van der Waals surface area contributed by atoms with Crippen LogP contribution in [-0.2, 0) is 0 Å². The number of alkyl halides is 4. The Kier molecular flexibility index (Phi) is 3.95. The van der Waals surface area contributed by atoms with Crippen LogP contribution >= 0.6 is 33.2 Å². The first-order valence-electron chi connectivity index (χ1n) is 2.40. The molecule has 0 heterocycles. The average Bonchev–Trinajstić information content (AvgIpc) is 1.56. The molecular formula is C3H3Cl3F4Si. The van der Waals surface area contributed by atoms with Gasteiger partial charge in [-0.05, 0) is 0 Å². The maximum atomic E-state index is 12.4. The van der Waals surface area contributed by atoms with E-state index >= 15 is 0 Å². The van der Waals surface area contributed by atoms with Crippen LogP contribution in [0.1, 0.15) is 6.42 Å². The van der Waals surface area contributed by atoms with Crippen molar-refractivity contribution in [1.82, 2.24) is 0 Å². The summed E-state index contributed by atoms with van der Waals surface area (Å²) in [5, 5.41) is 0. The maximum Gasteiger partial charge on any atom is 0.391 e. The molecule has 0 spiro atoms. The molecule has 0 N–H and O–H groups in total. The second-order valence-electron chi connectivity index (χ2n) is 1.83. The minimum absolute atomic E-state index is 1.68. The summed E-state index contributed by atoms with van der Waals surface area (Å²) in [6.07, 6.45) is -6.30. The lowest BCUT2D eigenvalue weighted by atomic mass is 10.5.